The lowest BCUT2D eigenvalue weighted by molar-refractivity contribution is -0.157. The third kappa shape index (κ3) is 6.21. The largest absolute Gasteiger partial charge is 0.454 e. The molecule has 0 bridgehead atoms. The number of esters is 1. The van der Waals surface area contributed by atoms with Gasteiger partial charge >= 0.3 is 5.97 Å². The topological polar surface area (TPSA) is 79.0 Å². The first kappa shape index (κ1) is 22.2. The number of likely N-dealkylation sites (tertiary alicyclic amines) is 1. The number of para-hydroxylation sites is 1. The highest BCUT2D eigenvalue weighted by Crippen LogP contribution is 2.20. The first-order valence-corrected chi connectivity index (χ1v) is 9.86. The van der Waals surface area contributed by atoms with Gasteiger partial charge in [-0.15, -0.1) is 0 Å². The van der Waals surface area contributed by atoms with Crippen LogP contribution in [0.2, 0.25) is 5.02 Å². The molecule has 1 aromatic carbocycles. The van der Waals surface area contributed by atoms with Gasteiger partial charge in [-0.25, -0.2) is 0 Å². The molecule has 0 radical (unpaired) electrons. The Bertz CT molecular complexity index is 704. The van der Waals surface area contributed by atoms with Crippen LogP contribution in [-0.4, -0.2) is 66.9 Å². The van der Waals surface area contributed by atoms with Gasteiger partial charge in [0.1, 0.15) is 6.04 Å². The maximum Gasteiger partial charge on any atom is 0.324 e. The van der Waals surface area contributed by atoms with Crippen molar-refractivity contribution in [2.45, 2.75) is 32.7 Å². The molecule has 0 unspecified atom stereocenters. The number of rotatable bonds is 8. The lowest BCUT2D eigenvalue weighted by atomic mass is 10.0. The van der Waals surface area contributed by atoms with Crippen molar-refractivity contribution in [3.8, 4) is 0 Å². The maximum atomic E-state index is 12.5. The second-order valence-electron chi connectivity index (χ2n) is 7.32. The number of carbonyl (C=O) groups excluding carboxylic acids is 3. The molecule has 1 saturated heterocycles. The minimum atomic E-state index is -0.438. The minimum Gasteiger partial charge on any atom is -0.454 e. The van der Waals surface area contributed by atoms with Gasteiger partial charge in [-0.2, -0.15) is 0 Å². The fraction of sp³-hybridized carbons (Fsp3) is 0.550. The number of nitrogens with one attached hydrogen (secondary N) is 1. The Labute approximate surface area is 171 Å². The predicted molar refractivity (Wildman–Crippen MR) is 108 cm³/mol. The summed E-state index contributed by atoms with van der Waals surface area (Å²) in [5.74, 6) is -1.11. The van der Waals surface area contributed by atoms with E-state index in [9.17, 15) is 14.4 Å². The van der Waals surface area contributed by atoms with Crippen LogP contribution < -0.4 is 5.32 Å². The van der Waals surface area contributed by atoms with Gasteiger partial charge in [0.25, 0.3) is 5.91 Å². The van der Waals surface area contributed by atoms with E-state index in [2.05, 4.69) is 10.2 Å². The highest BCUT2D eigenvalue weighted by Gasteiger charge is 2.32. The summed E-state index contributed by atoms with van der Waals surface area (Å²) in [5, 5.41) is 3.07. The lowest BCUT2D eigenvalue weighted by Crippen LogP contribution is -2.45. The SMILES string of the molecule is CC(C)[C@H](C(=O)OCC(=O)N(C)CC(=O)Nc1ccccc1Cl)N1CCCC1. The molecule has 0 aromatic heterocycles. The Balaban J connectivity index is 1.81. The molecule has 1 aliphatic heterocycles. The number of likely N-dealkylation sites (N-methyl/N-ethyl adjacent to an activating group) is 1. The van der Waals surface area contributed by atoms with Gasteiger partial charge in [0, 0.05) is 7.05 Å². The summed E-state index contributed by atoms with van der Waals surface area (Å²) in [7, 11) is 1.49. The molecule has 1 fully saturated rings. The molecule has 0 saturated carbocycles. The average molecular weight is 410 g/mol. The molecule has 154 valence electrons. The summed E-state index contributed by atoms with van der Waals surface area (Å²) >= 11 is 6.00. The number of carbonyl (C=O) groups is 3. The number of nitrogens with zero attached hydrogens (tertiary/aromatic N) is 2. The van der Waals surface area contributed by atoms with E-state index in [0.717, 1.165) is 25.9 Å². The highest BCUT2D eigenvalue weighted by molar-refractivity contribution is 6.33. The van der Waals surface area contributed by atoms with Gasteiger partial charge < -0.3 is 15.0 Å². The summed E-state index contributed by atoms with van der Waals surface area (Å²) in [6.07, 6.45) is 2.14. The van der Waals surface area contributed by atoms with Crippen LogP contribution >= 0.6 is 11.6 Å². The zero-order valence-electron chi connectivity index (χ0n) is 16.6. The van der Waals surface area contributed by atoms with E-state index in [1.54, 1.807) is 24.3 Å². The molecule has 1 N–H and O–H groups in total. The molecule has 2 rings (SSSR count). The van der Waals surface area contributed by atoms with Crippen molar-refractivity contribution >= 4 is 35.1 Å². The van der Waals surface area contributed by atoms with E-state index in [-0.39, 0.29) is 37.0 Å². The third-order valence-corrected chi connectivity index (χ3v) is 5.03. The number of hydrogen-bond donors (Lipinski definition) is 1. The maximum absolute atomic E-state index is 12.5. The van der Waals surface area contributed by atoms with Crippen LogP contribution in [0.15, 0.2) is 24.3 Å². The van der Waals surface area contributed by atoms with Crippen LogP contribution in [0.1, 0.15) is 26.7 Å². The molecule has 1 aromatic rings. The van der Waals surface area contributed by atoms with Crippen molar-refractivity contribution in [2.75, 3.05) is 38.6 Å². The average Bonchev–Trinajstić information content (AvgIpc) is 3.15. The van der Waals surface area contributed by atoms with Gasteiger partial charge in [0.05, 0.1) is 17.3 Å². The normalized spacial score (nSPS) is 15.3. The van der Waals surface area contributed by atoms with Gasteiger partial charge in [-0.1, -0.05) is 37.6 Å². The Morgan fingerprint density at radius 1 is 1.21 bits per heavy atom. The Kier molecular flexibility index (Phi) is 8.26. The summed E-state index contributed by atoms with van der Waals surface area (Å²) in [5.41, 5.74) is 0.479. The smallest absolute Gasteiger partial charge is 0.324 e. The van der Waals surface area contributed by atoms with Crippen LogP contribution in [0.5, 0.6) is 0 Å². The van der Waals surface area contributed by atoms with Gasteiger partial charge in [-0.05, 0) is 44.0 Å². The van der Waals surface area contributed by atoms with Crippen molar-refractivity contribution in [1.82, 2.24) is 9.80 Å². The van der Waals surface area contributed by atoms with Crippen LogP contribution in [0.3, 0.4) is 0 Å². The van der Waals surface area contributed by atoms with E-state index >= 15 is 0 Å². The molecule has 2 amide bonds. The lowest BCUT2D eigenvalue weighted by Gasteiger charge is -2.28. The van der Waals surface area contributed by atoms with Crippen LogP contribution in [0, 0.1) is 5.92 Å². The molecule has 28 heavy (non-hydrogen) atoms. The summed E-state index contributed by atoms with van der Waals surface area (Å²) in [6, 6.07) is 6.50. The predicted octanol–water partition coefficient (Wildman–Crippen LogP) is 2.40. The Morgan fingerprint density at radius 2 is 1.86 bits per heavy atom. The van der Waals surface area contributed by atoms with Crippen LogP contribution in [0.4, 0.5) is 5.69 Å². The number of ether oxygens (including phenoxy) is 1. The van der Waals surface area contributed by atoms with Crippen molar-refractivity contribution in [2.24, 2.45) is 5.92 Å². The fourth-order valence-electron chi connectivity index (χ4n) is 3.25. The van der Waals surface area contributed by atoms with Crippen molar-refractivity contribution in [1.29, 1.82) is 0 Å². The second kappa shape index (κ2) is 10.4. The molecule has 0 aliphatic carbocycles. The standard InChI is InChI=1S/C20H28ClN3O4/c1-14(2)19(24-10-6-7-11-24)20(27)28-13-18(26)23(3)12-17(25)22-16-9-5-4-8-15(16)21/h4-5,8-9,14,19H,6-7,10-13H2,1-3H3,(H,22,25)/t19-/m1/s1. The molecular weight excluding hydrogens is 382 g/mol. The molecular formula is C20H28ClN3O4. The second-order valence-corrected chi connectivity index (χ2v) is 7.72. The Morgan fingerprint density at radius 3 is 2.46 bits per heavy atom. The number of hydrogen-bond acceptors (Lipinski definition) is 5. The molecule has 0 spiro atoms. The summed E-state index contributed by atoms with van der Waals surface area (Å²) in [4.78, 5) is 40.2. The van der Waals surface area contributed by atoms with E-state index < -0.39 is 5.91 Å². The number of amides is 2. The van der Waals surface area contributed by atoms with Crippen LogP contribution in [0.25, 0.3) is 0 Å². The first-order chi connectivity index (χ1) is 13.3. The van der Waals surface area contributed by atoms with E-state index in [1.165, 1.54) is 11.9 Å². The number of halogens is 1. The van der Waals surface area contributed by atoms with E-state index in [1.807, 2.05) is 13.8 Å². The minimum absolute atomic E-state index is 0.0971. The van der Waals surface area contributed by atoms with E-state index in [4.69, 9.17) is 16.3 Å². The van der Waals surface area contributed by atoms with Crippen LogP contribution in [-0.2, 0) is 19.1 Å². The van der Waals surface area contributed by atoms with Crippen molar-refractivity contribution < 1.29 is 19.1 Å². The van der Waals surface area contributed by atoms with Crippen molar-refractivity contribution in [3.63, 3.8) is 0 Å². The molecule has 1 heterocycles. The molecule has 1 aliphatic rings. The van der Waals surface area contributed by atoms with Gasteiger partial charge in [0.2, 0.25) is 5.91 Å². The zero-order chi connectivity index (χ0) is 20.7. The number of benzene rings is 1. The monoisotopic (exact) mass is 409 g/mol. The number of anilines is 1. The molecule has 1 atom stereocenters. The zero-order valence-corrected chi connectivity index (χ0v) is 17.4. The van der Waals surface area contributed by atoms with Crippen molar-refractivity contribution in [3.05, 3.63) is 29.3 Å². The molecule has 8 heteroatoms. The van der Waals surface area contributed by atoms with E-state index in [0.29, 0.717) is 10.7 Å². The summed E-state index contributed by atoms with van der Waals surface area (Å²) in [6.45, 7) is 5.13. The Hall–Kier alpha value is -2.12. The first-order valence-electron chi connectivity index (χ1n) is 9.48. The fourth-order valence-corrected chi connectivity index (χ4v) is 3.43. The third-order valence-electron chi connectivity index (χ3n) is 4.70. The highest BCUT2D eigenvalue weighted by atomic mass is 35.5. The quantitative estimate of drug-likeness (QED) is 0.667. The summed E-state index contributed by atoms with van der Waals surface area (Å²) < 4.78 is 5.26. The van der Waals surface area contributed by atoms with Gasteiger partial charge in [0.15, 0.2) is 6.61 Å². The molecule has 7 nitrogen and oxygen atoms in total. The van der Waals surface area contributed by atoms with Gasteiger partial charge in [-0.3, -0.25) is 19.3 Å².